The minimum absolute atomic E-state index is 0.0113. The molecule has 30 heavy (non-hydrogen) atoms. The summed E-state index contributed by atoms with van der Waals surface area (Å²) in [6, 6.07) is 4.42. The fourth-order valence-corrected chi connectivity index (χ4v) is 3.64. The topological polar surface area (TPSA) is 105 Å². The number of hydrogen-bond acceptors (Lipinski definition) is 6. The molecule has 2 heterocycles. The SMILES string of the molecule is Cc1cc([C@@H](C(=O)N2C[C@H](O)C[C@H]2C(=O)NOc2ccc(Cl)cc2F)C(C)C)on1. The van der Waals surface area contributed by atoms with Crippen LogP contribution in [0.1, 0.15) is 37.6 Å². The molecular formula is C20H23ClFN3O5. The summed E-state index contributed by atoms with van der Waals surface area (Å²) in [5.41, 5.74) is 2.79. The van der Waals surface area contributed by atoms with Crippen LogP contribution >= 0.6 is 11.6 Å². The molecule has 2 N–H and O–H groups in total. The first-order valence-electron chi connectivity index (χ1n) is 9.51. The van der Waals surface area contributed by atoms with Crippen molar-refractivity contribution in [2.75, 3.05) is 6.54 Å². The zero-order chi connectivity index (χ0) is 22.0. The fourth-order valence-electron chi connectivity index (χ4n) is 3.48. The monoisotopic (exact) mass is 439 g/mol. The number of aryl methyl sites for hydroxylation is 1. The molecule has 1 fully saturated rings. The van der Waals surface area contributed by atoms with E-state index in [0.29, 0.717) is 11.5 Å². The van der Waals surface area contributed by atoms with E-state index in [1.54, 1.807) is 13.0 Å². The summed E-state index contributed by atoms with van der Waals surface area (Å²) >= 11 is 5.69. The minimum atomic E-state index is -0.979. The van der Waals surface area contributed by atoms with Gasteiger partial charge in [-0.25, -0.2) is 4.39 Å². The number of rotatable bonds is 6. The Kier molecular flexibility index (Phi) is 6.62. The Balaban J connectivity index is 1.75. The molecule has 0 aliphatic carbocycles. The Morgan fingerprint density at radius 1 is 1.40 bits per heavy atom. The van der Waals surface area contributed by atoms with Crippen molar-refractivity contribution in [1.29, 1.82) is 0 Å². The number of hydroxylamine groups is 1. The zero-order valence-corrected chi connectivity index (χ0v) is 17.5. The molecule has 1 aliphatic rings. The molecule has 8 nitrogen and oxygen atoms in total. The van der Waals surface area contributed by atoms with Gasteiger partial charge in [0.05, 0.1) is 11.8 Å². The molecule has 3 atom stereocenters. The summed E-state index contributed by atoms with van der Waals surface area (Å²) < 4.78 is 19.1. The van der Waals surface area contributed by atoms with E-state index in [9.17, 15) is 19.1 Å². The van der Waals surface area contributed by atoms with Crippen LogP contribution in [-0.2, 0) is 9.59 Å². The number of aliphatic hydroxyl groups excluding tert-OH is 1. The lowest BCUT2D eigenvalue weighted by Crippen LogP contribution is -2.48. The van der Waals surface area contributed by atoms with Gasteiger partial charge in [0.2, 0.25) is 5.91 Å². The van der Waals surface area contributed by atoms with E-state index in [4.69, 9.17) is 21.0 Å². The number of benzene rings is 1. The van der Waals surface area contributed by atoms with Crippen molar-refractivity contribution >= 4 is 23.4 Å². The van der Waals surface area contributed by atoms with Gasteiger partial charge >= 0.3 is 0 Å². The number of nitrogens with one attached hydrogen (secondary N) is 1. The van der Waals surface area contributed by atoms with Crippen LogP contribution in [0.25, 0.3) is 0 Å². The molecular weight excluding hydrogens is 417 g/mol. The fraction of sp³-hybridized carbons (Fsp3) is 0.450. The Morgan fingerprint density at radius 2 is 2.13 bits per heavy atom. The molecule has 2 amide bonds. The van der Waals surface area contributed by atoms with Gasteiger partial charge in [-0.2, -0.15) is 5.48 Å². The van der Waals surface area contributed by atoms with E-state index >= 15 is 0 Å². The average Bonchev–Trinajstić information content (AvgIpc) is 3.26. The number of likely N-dealkylation sites (tertiary alicyclic amines) is 1. The number of hydrogen-bond donors (Lipinski definition) is 2. The summed E-state index contributed by atoms with van der Waals surface area (Å²) in [6.45, 7) is 5.45. The predicted octanol–water partition coefficient (Wildman–Crippen LogP) is 2.59. The van der Waals surface area contributed by atoms with Crippen molar-refractivity contribution < 1.29 is 28.4 Å². The number of aliphatic hydroxyl groups is 1. The molecule has 1 aliphatic heterocycles. The lowest BCUT2D eigenvalue weighted by molar-refractivity contribution is -0.143. The number of nitrogens with zero attached hydrogens (tertiary/aromatic N) is 2. The largest absolute Gasteiger partial charge is 0.391 e. The summed E-state index contributed by atoms with van der Waals surface area (Å²) in [5, 5.41) is 14.1. The van der Waals surface area contributed by atoms with Crippen LogP contribution in [0, 0.1) is 18.7 Å². The lowest BCUT2D eigenvalue weighted by Gasteiger charge is -2.28. The van der Waals surface area contributed by atoms with Crippen LogP contribution in [0.3, 0.4) is 0 Å². The maximum atomic E-state index is 13.8. The summed E-state index contributed by atoms with van der Waals surface area (Å²) in [5.74, 6) is -2.41. The van der Waals surface area contributed by atoms with Crippen LogP contribution in [0.2, 0.25) is 5.02 Å². The van der Waals surface area contributed by atoms with Crippen molar-refractivity contribution in [2.45, 2.75) is 45.3 Å². The first-order valence-corrected chi connectivity index (χ1v) is 9.88. The molecule has 1 saturated heterocycles. The van der Waals surface area contributed by atoms with Gasteiger partial charge < -0.3 is 19.4 Å². The second kappa shape index (κ2) is 9.01. The van der Waals surface area contributed by atoms with Crippen LogP contribution in [-0.4, -0.2) is 45.7 Å². The van der Waals surface area contributed by atoms with Gasteiger partial charge in [-0.15, -0.1) is 0 Å². The second-order valence-corrected chi connectivity index (χ2v) is 8.07. The second-order valence-electron chi connectivity index (χ2n) is 7.63. The van der Waals surface area contributed by atoms with Crippen molar-refractivity contribution in [3.8, 4) is 5.75 Å². The van der Waals surface area contributed by atoms with Gasteiger partial charge in [-0.3, -0.25) is 9.59 Å². The maximum Gasteiger partial charge on any atom is 0.275 e. The number of β-amino-alcohol motifs (C(OH)–C–C–N with tert-alkyl or cyclic N) is 1. The van der Waals surface area contributed by atoms with E-state index in [1.165, 1.54) is 17.0 Å². The third kappa shape index (κ3) is 4.73. The van der Waals surface area contributed by atoms with Gasteiger partial charge in [0.15, 0.2) is 11.6 Å². The van der Waals surface area contributed by atoms with Crippen molar-refractivity contribution in [2.24, 2.45) is 5.92 Å². The molecule has 1 aromatic carbocycles. The Hall–Kier alpha value is -2.65. The summed E-state index contributed by atoms with van der Waals surface area (Å²) in [4.78, 5) is 32.3. The first kappa shape index (κ1) is 22.0. The highest BCUT2D eigenvalue weighted by molar-refractivity contribution is 6.30. The number of halogens is 2. The van der Waals surface area contributed by atoms with Gasteiger partial charge in [-0.05, 0) is 31.0 Å². The highest BCUT2D eigenvalue weighted by Crippen LogP contribution is 2.31. The summed E-state index contributed by atoms with van der Waals surface area (Å²) in [7, 11) is 0. The number of amides is 2. The number of aromatic nitrogens is 1. The van der Waals surface area contributed by atoms with E-state index < -0.39 is 29.8 Å². The van der Waals surface area contributed by atoms with Gasteiger partial charge in [0.25, 0.3) is 5.91 Å². The first-order chi connectivity index (χ1) is 14.2. The molecule has 3 rings (SSSR count). The van der Waals surface area contributed by atoms with Gasteiger partial charge in [0.1, 0.15) is 17.7 Å². The molecule has 0 bridgehead atoms. The van der Waals surface area contributed by atoms with E-state index in [1.807, 2.05) is 13.8 Å². The molecule has 0 radical (unpaired) electrons. The molecule has 1 aromatic heterocycles. The van der Waals surface area contributed by atoms with Crippen LogP contribution in [0.4, 0.5) is 4.39 Å². The smallest absolute Gasteiger partial charge is 0.275 e. The van der Waals surface area contributed by atoms with Gasteiger partial charge in [-0.1, -0.05) is 30.6 Å². The highest BCUT2D eigenvalue weighted by Gasteiger charge is 2.43. The Labute approximate surface area is 177 Å². The third-order valence-corrected chi connectivity index (χ3v) is 5.14. The molecule has 162 valence electrons. The average molecular weight is 440 g/mol. The molecule has 0 saturated carbocycles. The normalized spacial score (nSPS) is 19.8. The zero-order valence-electron chi connectivity index (χ0n) is 16.8. The maximum absolute atomic E-state index is 13.8. The third-order valence-electron chi connectivity index (χ3n) is 4.91. The van der Waals surface area contributed by atoms with E-state index in [-0.39, 0.29) is 35.6 Å². The standard InChI is InChI=1S/C20H23ClFN3O5/c1-10(2)18(17-6-11(3)23-30-17)20(28)25-9-13(26)8-15(25)19(27)24-29-16-5-4-12(21)7-14(16)22/h4-7,10,13,15,18,26H,8-9H2,1-3H3,(H,24,27)/t13-,15+,18+/m1/s1. The summed E-state index contributed by atoms with van der Waals surface area (Å²) in [6.07, 6.45) is -0.842. The van der Waals surface area contributed by atoms with E-state index in [0.717, 1.165) is 6.07 Å². The molecule has 2 aromatic rings. The predicted molar refractivity (Wildman–Crippen MR) is 105 cm³/mol. The van der Waals surface area contributed by atoms with Crippen molar-refractivity contribution in [1.82, 2.24) is 15.5 Å². The van der Waals surface area contributed by atoms with Crippen molar-refractivity contribution in [3.63, 3.8) is 0 Å². The van der Waals surface area contributed by atoms with Crippen molar-refractivity contribution in [3.05, 3.63) is 46.6 Å². The quantitative estimate of drug-likeness (QED) is 0.670. The number of carbonyl (C=O) groups excluding carboxylic acids is 2. The van der Waals surface area contributed by atoms with Crippen LogP contribution < -0.4 is 10.3 Å². The lowest BCUT2D eigenvalue weighted by atomic mass is 9.91. The van der Waals surface area contributed by atoms with Gasteiger partial charge in [0, 0.05) is 24.1 Å². The number of carbonyl (C=O) groups is 2. The molecule has 0 unspecified atom stereocenters. The molecule has 10 heteroatoms. The van der Waals surface area contributed by atoms with E-state index in [2.05, 4.69) is 10.6 Å². The Morgan fingerprint density at radius 3 is 2.73 bits per heavy atom. The van der Waals surface area contributed by atoms with Crippen LogP contribution in [0.15, 0.2) is 28.8 Å². The van der Waals surface area contributed by atoms with Crippen LogP contribution in [0.5, 0.6) is 5.75 Å². The highest BCUT2D eigenvalue weighted by atomic mass is 35.5. The minimum Gasteiger partial charge on any atom is -0.391 e. The molecule has 0 spiro atoms. The Bertz CT molecular complexity index is 935.